The van der Waals surface area contributed by atoms with Gasteiger partial charge in [0.15, 0.2) is 0 Å². The molecule has 1 aliphatic rings. The minimum atomic E-state index is -1.02. The first-order valence-electron chi connectivity index (χ1n) is 10.6. The van der Waals surface area contributed by atoms with Gasteiger partial charge in [-0.1, -0.05) is 17.3 Å². The lowest BCUT2D eigenvalue weighted by atomic mass is 10.1. The van der Waals surface area contributed by atoms with E-state index in [-0.39, 0.29) is 11.5 Å². The summed E-state index contributed by atoms with van der Waals surface area (Å²) in [5, 5.41) is 18.6. The average molecular weight is 446 g/mol. The Kier molecular flexibility index (Phi) is 5.04. The van der Waals surface area contributed by atoms with E-state index < -0.39 is 5.97 Å². The van der Waals surface area contributed by atoms with Gasteiger partial charge in [0.05, 0.1) is 5.56 Å². The fourth-order valence-corrected chi connectivity index (χ4v) is 4.20. The topological polar surface area (TPSA) is 126 Å². The van der Waals surface area contributed by atoms with Gasteiger partial charge in [-0.15, -0.1) is 0 Å². The number of carboxylic acids is 1. The quantitative estimate of drug-likeness (QED) is 0.463. The molecule has 4 aromatic rings. The van der Waals surface area contributed by atoms with Crippen LogP contribution in [0.15, 0.2) is 41.1 Å². The molecule has 10 heteroatoms. The number of nitrogens with zero attached hydrogens (tertiary/aromatic N) is 5. The number of carbonyl (C=O) groups excluding carboxylic acids is 1. The number of amides is 1. The van der Waals surface area contributed by atoms with Crippen LogP contribution in [0.3, 0.4) is 0 Å². The lowest BCUT2D eigenvalue weighted by molar-refractivity contribution is 0.0691. The summed E-state index contributed by atoms with van der Waals surface area (Å²) in [7, 11) is 0. The maximum absolute atomic E-state index is 12.9. The Balaban J connectivity index is 1.32. The lowest BCUT2D eigenvalue weighted by Crippen LogP contribution is -2.42. The average Bonchev–Trinajstić information content (AvgIpc) is 3.39. The highest BCUT2D eigenvalue weighted by molar-refractivity contribution is 5.98. The number of fused-ring (bicyclic) bond motifs is 2. The number of aromatic nitrogens is 4. The molecule has 0 saturated heterocycles. The standard InChI is InChI=1S/C23H22N6O4/c1-13-17(23(31)32)12-19-22(30)28(9-10-29(13)19)8-7-25-21-18-11-16(20-26-14(2)33-27-20)4-3-15(18)5-6-24-21/h3-6,11-12H,7-10H2,1-2H3,(H,24,25)(H,31,32). The Hall–Kier alpha value is -4.21. The van der Waals surface area contributed by atoms with E-state index in [9.17, 15) is 14.7 Å². The molecule has 1 amide bonds. The SMILES string of the molecule is Cc1nc(-c2ccc3ccnc(NCCN4CCn5c(cc(C(=O)O)c5C)C4=O)c3c2)no1. The fourth-order valence-electron chi connectivity index (χ4n) is 4.20. The van der Waals surface area contributed by atoms with E-state index in [1.165, 1.54) is 6.07 Å². The van der Waals surface area contributed by atoms with Gasteiger partial charge >= 0.3 is 5.97 Å². The molecule has 168 valence electrons. The Labute approximate surface area is 188 Å². The number of anilines is 1. The molecule has 33 heavy (non-hydrogen) atoms. The van der Waals surface area contributed by atoms with Crippen LogP contribution in [0.5, 0.6) is 0 Å². The van der Waals surface area contributed by atoms with Crippen LogP contribution < -0.4 is 5.32 Å². The third-order valence-corrected chi connectivity index (χ3v) is 5.92. The van der Waals surface area contributed by atoms with Crippen molar-refractivity contribution in [3.63, 3.8) is 0 Å². The van der Waals surface area contributed by atoms with E-state index in [2.05, 4.69) is 20.4 Å². The lowest BCUT2D eigenvalue weighted by Gasteiger charge is -2.29. The van der Waals surface area contributed by atoms with Crippen LogP contribution in [0, 0.1) is 13.8 Å². The summed E-state index contributed by atoms with van der Waals surface area (Å²) >= 11 is 0. The predicted octanol–water partition coefficient (Wildman–Crippen LogP) is 2.97. The number of carboxylic acid groups (broad SMARTS) is 1. The molecule has 3 aromatic heterocycles. The van der Waals surface area contributed by atoms with Crippen molar-refractivity contribution in [1.29, 1.82) is 0 Å². The second-order valence-corrected chi connectivity index (χ2v) is 7.94. The van der Waals surface area contributed by atoms with Gasteiger partial charge in [0.2, 0.25) is 11.7 Å². The molecule has 0 fully saturated rings. The molecule has 4 heterocycles. The zero-order valence-electron chi connectivity index (χ0n) is 18.2. The number of nitrogens with one attached hydrogen (secondary N) is 1. The van der Waals surface area contributed by atoms with Crippen LogP contribution in [0.1, 0.15) is 32.4 Å². The molecular formula is C23H22N6O4. The van der Waals surface area contributed by atoms with Crippen molar-refractivity contribution in [2.75, 3.05) is 25.0 Å². The summed E-state index contributed by atoms with van der Waals surface area (Å²) in [4.78, 5) is 34.8. The van der Waals surface area contributed by atoms with Gasteiger partial charge in [-0.2, -0.15) is 4.98 Å². The molecule has 0 unspecified atom stereocenters. The van der Waals surface area contributed by atoms with Crippen molar-refractivity contribution in [1.82, 2.24) is 24.6 Å². The molecule has 0 aliphatic carbocycles. The Morgan fingerprint density at radius 2 is 2.06 bits per heavy atom. The molecule has 0 spiro atoms. The van der Waals surface area contributed by atoms with E-state index >= 15 is 0 Å². The van der Waals surface area contributed by atoms with E-state index in [1.807, 2.05) is 24.3 Å². The second kappa shape index (κ2) is 8.05. The van der Waals surface area contributed by atoms with Crippen LogP contribution in [0.2, 0.25) is 0 Å². The highest BCUT2D eigenvalue weighted by Crippen LogP contribution is 2.27. The minimum absolute atomic E-state index is 0.167. The number of carbonyl (C=O) groups is 2. The molecule has 1 aliphatic heterocycles. The Bertz CT molecular complexity index is 1390. The van der Waals surface area contributed by atoms with Gasteiger partial charge in [0.25, 0.3) is 5.91 Å². The zero-order valence-corrected chi connectivity index (χ0v) is 18.2. The highest BCUT2D eigenvalue weighted by atomic mass is 16.5. The molecule has 10 nitrogen and oxygen atoms in total. The number of hydrogen-bond acceptors (Lipinski definition) is 7. The summed E-state index contributed by atoms with van der Waals surface area (Å²) in [5.41, 5.74) is 2.02. The number of pyridine rings is 1. The van der Waals surface area contributed by atoms with Crippen molar-refractivity contribution >= 4 is 28.5 Å². The summed E-state index contributed by atoms with van der Waals surface area (Å²) in [6, 6.07) is 9.27. The van der Waals surface area contributed by atoms with E-state index in [0.717, 1.165) is 16.3 Å². The smallest absolute Gasteiger partial charge is 0.337 e. The van der Waals surface area contributed by atoms with Crippen molar-refractivity contribution in [2.45, 2.75) is 20.4 Å². The summed E-state index contributed by atoms with van der Waals surface area (Å²) in [5.74, 6) is 0.526. The van der Waals surface area contributed by atoms with Crippen LogP contribution in [0.25, 0.3) is 22.2 Å². The first-order valence-corrected chi connectivity index (χ1v) is 10.6. The Morgan fingerprint density at radius 3 is 2.82 bits per heavy atom. The van der Waals surface area contributed by atoms with Gasteiger partial charge < -0.3 is 24.4 Å². The monoisotopic (exact) mass is 446 g/mol. The highest BCUT2D eigenvalue weighted by Gasteiger charge is 2.28. The molecule has 5 rings (SSSR count). The van der Waals surface area contributed by atoms with Gasteiger partial charge in [-0.25, -0.2) is 9.78 Å². The molecular weight excluding hydrogens is 424 g/mol. The normalized spacial score (nSPS) is 13.4. The predicted molar refractivity (Wildman–Crippen MR) is 120 cm³/mol. The fraction of sp³-hybridized carbons (Fsp3) is 0.261. The number of rotatable bonds is 6. The molecule has 0 atom stereocenters. The first kappa shape index (κ1) is 20.7. The largest absolute Gasteiger partial charge is 0.478 e. The van der Waals surface area contributed by atoms with E-state index in [4.69, 9.17) is 4.52 Å². The van der Waals surface area contributed by atoms with E-state index in [0.29, 0.717) is 55.1 Å². The second-order valence-electron chi connectivity index (χ2n) is 7.94. The maximum Gasteiger partial charge on any atom is 0.337 e. The maximum atomic E-state index is 12.9. The molecule has 1 aromatic carbocycles. The van der Waals surface area contributed by atoms with Crippen LogP contribution >= 0.6 is 0 Å². The molecule has 0 radical (unpaired) electrons. The zero-order chi connectivity index (χ0) is 23.1. The minimum Gasteiger partial charge on any atom is -0.478 e. The summed E-state index contributed by atoms with van der Waals surface area (Å²) in [6.45, 7) is 5.52. The number of aromatic carboxylic acids is 1. The third kappa shape index (κ3) is 3.69. The summed E-state index contributed by atoms with van der Waals surface area (Å²) in [6.07, 6.45) is 1.73. The van der Waals surface area contributed by atoms with Crippen molar-refractivity contribution in [2.24, 2.45) is 0 Å². The van der Waals surface area contributed by atoms with Crippen LogP contribution in [0.4, 0.5) is 5.82 Å². The number of aryl methyl sites for hydroxylation is 1. The van der Waals surface area contributed by atoms with E-state index in [1.54, 1.807) is 29.5 Å². The van der Waals surface area contributed by atoms with Crippen molar-refractivity contribution in [3.8, 4) is 11.4 Å². The molecule has 0 saturated carbocycles. The van der Waals surface area contributed by atoms with Crippen molar-refractivity contribution < 1.29 is 19.2 Å². The number of hydrogen-bond donors (Lipinski definition) is 2. The first-order chi connectivity index (χ1) is 15.9. The van der Waals surface area contributed by atoms with Gasteiger partial charge in [0, 0.05) is 55.9 Å². The number of benzene rings is 1. The van der Waals surface area contributed by atoms with Crippen LogP contribution in [-0.2, 0) is 6.54 Å². The van der Waals surface area contributed by atoms with Gasteiger partial charge in [0.1, 0.15) is 11.5 Å². The molecule has 0 bridgehead atoms. The molecule has 2 N–H and O–H groups in total. The van der Waals surface area contributed by atoms with Gasteiger partial charge in [-0.05, 0) is 30.5 Å². The third-order valence-electron chi connectivity index (χ3n) is 5.92. The Morgan fingerprint density at radius 1 is 1.21 bits per heavy atom. The van der Waals surface area contributed by atoms with Crippen LogP contribution in [-0.4, -0.2) is 61.2 Å². The van der Waals surface area contributed by atoms with Crippen molar-refractivity contribution in [3.05, 3.63) is 59.4 Å². The summed E-state index contributed by atoms with van der Waals surface area (Å²) < 4.78 is 6.87. The van der Waals surface area contributed by atoms with Gasteiger partial charge in [-0.3, -0.25) is 4.79 Å².